The normalized spacial score (nSPS) is 19.6. The molecule has 0 amide bonds. The third kappa shape index (κ3) is 11.5. The van der Waals surface area contributed by atoms with Crippen molar-refractivity contribution in [3.05, 3.63) is 18.8 Å². The van der Waals surface area contributed by atoms with Crippen molar-refractivity contribution in [2.45, 2.75) is 20.3 Å². The molecule has 0 spiro atoms. The van der Waals surface area contributed by atoms with Crippen LogP contribution in [0.2, 0.25) is 0 Å². The Kier molecular flexibility index (Phi) is 18.7. The van der Waals surface area contributed by atoms with Gasteiger partial charge in [0.25, 0.3) is 0 Å². The van der Waals surface area contributed by atoms with Crippen LogP contribution >= 0.6 is 0 Å². The summed E-state index contributed by atoms with van der Waals surface area (Å²) in [6.45, 7) is 14.0. The molecule has 118 valence electrons. The molecule has 2 saturated heterocycles. The monoisotopic (exact) mass is 622 g/mol. The third-order valence-corrected chi connectivity index (χ3v) is 2.81. The molecule has 0 saturated carbocycles. The van der Waals surface area contributed by atoms with Gasteiger partial charge in [0.2, 0.25) is 0 Å². The van der Waals surface area contributed by atoms with Crippen LogP contribution < -0.4 is 0 Å². The Morgan fingerprint density at radius 2 is 1.50 bits per heavy atom. The summed E-state index contributed by atoms with van der Waals surface area (Å²) in [5, 5.41) is 0. The van der Waals surface area contributed by atoms with Crippen LogP contribution in [0.15, 0.2) is 6.08 Å². The average Bonchev–Trinajstić information content (AvgIpc) is 2.43. The van der Waals surface area contributed by atoms with Crippen molar-refractivity contribution in [3.8, 4) is 0 Å². The maximum atomic E-state index is 5.18. The second-order valence-electron chi connectivity index (χ2n) is 4.26. The summed E-state index contributed by atoms with van der Waals surface area (Å²) < 4.78 is 10.3. The molecule has 0 aromatic carbocycles. The number of allylic oxidation sites excluding steroid dienone is 1. The van der Waals surface area contributed by atoms with Gasteiger partial charge in [0.05, 0.1) is 26.4 Å². The maximum absolute atomic E-state index is 5.18. The number of rotatable bonds is 3. The van der Waals surface area contributed by atoms with Gasteiger partial charge in [0, 0.05) is 55.2 Å². The standard InChI is InChI=1S/C7H14NO.C7H12NO.2W/c2*1-2-3-8-4-6-9-7-5-8;;/h3H,2,4-7H2,1H3;2H,4-7H2,1H3;;/q2*-1;;. The predicted molar refractivity (Wildman–Crippen MR) is 72.9 cm³/mol. The fraction of sp³-hybridized carbons (Fsp3) is 0.786. The first-order chi connectivity index (χ1) is 8.86. The zero-order valence-corrected chi connectivity index (χ0v) is 18.4. The van der Waals surface area contributed by atoms with Gasteiger partial charge in [-0.3, -0.25) is 12.6 Å². The van der Waals surface area contributed by atoms with Crippen molar-refractivity contribution < 1.29 is 51.6 Å². The van der Waals surface area contributed by atoms with E-state index in [0.717, 1.165) is 59.0 Å². The van der Waals surface area contributed by atoms with E-state index in [4.69, 9.17) is 9.47 Å². The van der Waals surface area contributed by atoms with E-state index in [2.05, 4.69) is 29.5 Å². The van der Waals surface area contributed by atoms with Gasteiger partial charge in [-0.05, 0) is 13.1 Å². The number of hydrogen-bond donors (Lipinski definition) is 0. The number of morpholine rings is 2. The minimum absolute atomic E-state index is 0. The summed E-state index contributed by atoms with van der Waals surface area (Å²) in [4.78, 5) is 4.47. The number of hydrogen-bond acceptors (Lipinski definition) is 4. The van der Waals surface area contributed by atoms with Gasteiger partial charge in [-0.1, -0.05) is 13.8 Å². The van der Waals surface area contributed by atoms with Crippen molar-refractivity contribution in [2.75, 3.05) is 52.6 Å². The average molecular weight is 622 g/mol. The minimum Gasteiger partial charge on any atom is -0.551 e. The van der Waals surface area contributed by atoms with Crippen LogP contribution in [0.5, 0.6) is 0 Å². The van der Waals surface area contributed by atoms with Gasteiger partial charge in [0.15, 0.2) is 0 Å². The molecule has 2 aliphatic rings. The molecule has 0 radical (unpaired) electrons. The van der Waals surface area contributed by atoms with Crippen molar-refractivity contribution in [1.29, 1.82) is 0 Å². The molecule has 0 atom stereocenters. The summed E-state index contributed by atoms with van der Waals surface area (Å²) in [5.74, 6) is 0. The van der Waals surface area contributed by atoms with Crippen molar-refractivity contribution in [2.24, 2.45) is 0 Å². The van der Waals surface area contributed by atoms with Crippen molar-refractivity contribution in [3.63, 3.8) is 0 Å². The molecule has 20 heavy (non-hydrogen) atoms. The molecule has 0 aliphatic carbocycles. The Labute approximate surface area is 152 Å². The molecule has 2 fully saturated rings. The van der Waals surface area contributed by atoms with Gasteiger partial charge in [-0.2, -0.15) is 6.42 Å². The Morgan fingerprint density at radius 3 is 1.95 bits per heavy atom. The van der Waals surface area contributed by atoms with Gasteiger partial charge in [-0.25, -0.2) is 0 Å². The molecule has 0 aromatic rings. The summed E-state index contributed by atoms with van der Waals surface area (Å²) in [6.07, 6.45) is 6.19. The Balaban J connectivity index is 0. The summed E-state index contributed by atoms with van der Waals surface area (Å²) >= 11 is 0. The molecule has 0 N–H and O–H groups in total. The van der Waals surface area contributed by atoms with Crippen LogP contribution in [-0.4, -0.2) is 62.4 Å². The largest absolute Gasteiger partial charge is 0.551 e. The quantitative estimate of drug-likeness (QED) is 0.447. The first-order valence-corrected chi connectivity index (χ1v) is 6.88. The van der Waals surface area contributed by atoms with E-state index in [1.54, 1.807) is 0 Å². The van der Waals surface area contributed by atoms with Crippen molar-refractivity contribution in [1.82, 2.24) is 9.80 Å². The van der Waals surface area contributed by atoms with Crippen LogP contribution in [0.25, 0.3) is 0 Å². The third-order valence-electron chi connectivity index (χ3n) is 2.81. The minimum atomic E-state index is 0. The van der Waals surface area contributed by atoms with E-state index in [9.17, 15) is 0 Å². The molecule has 6 heteroatoms. The summed E-state index contributed by atoms with van der Waals surface area (Å²) in [7, 11) is 0. The smallest absolute Gasteiger partial charge is 0.0616 e. The van der Waals surface area contributed by atoms with Gasteiger partial charge in [0.1, 0.15) is 0 Å². The fourth-order valence-corrected chi connectivity index (χ4v) is 1.89. The Morgan fingerprint density at radius 1 is 1.00 bits per heavy atom. The zero-order valence-electron chi connectivity index (χ0n) is 12.5. The second kappa shape index (κ2) is 16.2. The summed E-state index contributed by atoms with van der Waals surface area (Å²) in [6, 6.07) is 0. The predicted octanol–water partition coefficient (Wildman–Crippen LogP) is 1.54. The van der Waals surface area contributed by atoms with Crippen LogP contribution in [0.3, 0.4) is 0 Å². The number of ether oxygens (including phenoxy) is 2. The van der Waals surface area contributed by atoms with Crippen LogP contribution in [0.1, 0.15) is 20.3 Å². The van der Waals surface area contributed by atoms with Crippen LogP contribution in [-0.2, 0) is 51.6 Å². The first kappa shape index (κ1) is 23.1. The van der Waals surface area contributed by atoms with E-state index in [1.165, 1.54) is 0 Å². The first-order valence-electron chi connectivity index (χ1n) is 6.88. The molecular weight excluding hydrogens is 596 g/mol. The Bertz CT molecular complexity index is 216. The second-order valence-corrected chi connectivity index (χ2v) is 4.26. The van der Waals surface area contributed by atoms with E-state index in [1.807, 2.05) is 13.0 Å². The van der Waals surface area contributed by atoms with Gasteiger partial charge < -0.3 is 25.5 Å². The molecule has 2 aliphatic heterocycles. The molecule has 0 unspecified atom stereocenters. The SMILES string of the molecule is CC=[C-]N1CCOCC1.CC[CH-]N1CCOCC1.[W].[W]. The van der Waals surface area contributed by atoms with Crippen molar-refractivity contribution >= 4 is 0 Å². The molecule has 0 aromatic heterocycles. The Hall–Kier alpha value is 0.797. The molecular formula is C14H26N2O2W2-2. The topological polar surface area (TPSA) is 24.9 Å². The van der Waals surface area contributed by atoms with Gasteiger partial charge >= 0.3 is 0 Å². The van der Waals surface area contributed by atoms with Gasteiger partial charge in [-0.15, -0.1) is 0 Å². The van der Waals surface area contributed by atoms with Crippen LogP contribution in [0.4, 0.5) is 0 Å². The number of nitrogens with zero attached hydrogens (tertiary/aromatic N) is 2. The van der Waals surface area contributed by atoms with E-state index >= 15 is 0 Å². The van der Waals surface area contributed by atoms with E-state index < -0.39 is 0 Å². The summed E-state index contributed by atoms with van der Waals surface area (Å²) in [5.41, 5.74) is 0. The van der Waals surface area contributed by atoms with E-state index in [0.29, 0.717) is 0 Å². The molecule has 0 bridgehead atoms. The fourth-order valence-electron chi connectivity index (χ4n) is 1.89. The zero-order chi connectivity index (χ0) is 13.1. The molecule has 4 nitrogen and oxygen atoms in total. The maximum Gasteiger partial charge on any atom is 0.0616 e. The van der Waals surface area contributed by atoms with E-state index in [-0.39, 0.29) is 42.1 Å². The van der Waals surface area contributed by atoms with Crippen LogP contribution in [0, 0.1) is 12.7 Å². The molecule has 2 heterocycles. The molecule has 2 rings (SSSR count).